The number of ether oxygens (including phenoxy) is 2. The minimum atomic E-state index is 0.758. The third-order valence-electron chi connectivity index (χ3n) is 3.95. The molecule has 0 amide bonds. The zero-order valence-corrected chi connectivity index (χ0v) is 12.8. The first-order valence-electron chi connectivity index (χ1n) is 7.84. The lowest BCUT2D eigenvalue weighted by molar-refractivity contribution is 0.245. The van der Waals surface area contributed by atoms with Crippen LogP contribution < -0.4 is 14.8 Å². The first kappa shape index (κ1) is 15.2. The second kappa shape index (κ2) is 8.15. The van der Waals surface area contributed by atoms with E-state index in [1.807, 2.05) is 6.07 Å². The molecule has 20 heavy (non-hydrogen) atoms. The van der Waals surface area contributed by atoms with Crippen LogP contribution in [-0.4, -0.2) is 26.8 Å². The average Bonchev–Trinajstić information content (AvgIpc) is 2.50. The molecule has 0 bridgehead atoms. The summed E-state index contributed by atoms with van der Waals surface area (Å²) in [5, 5.41) is 3.45. The normalized spacial score (nSPS) is 18.8. The zero-order chi connectivity index (χ0) is 14.2. The summed E-state index contributed by atoms with van der Waals surface area (Å²) in [6.07, 6.45) is 5.97. The molecule has 0 aliphatic carbocycles. The molecule has 0 radical (unpaired) electrons. The Morgan fingerprint density at radius 3 is 2.90 bits per heavy atom. The van der Waals surface area contributed by atoms with Crippen LogP contribution in [0.3, 0.4) is 0 Å². The predicted octanol–water partition coefficient (Wildman–Crippen LogP) is 3.42. The van der Waals surface area contributed by atoms with Crippen molar-refractivity contribution in [2.45, 2.75) is 39.0 Å². The van der Waals surface area contributed by atoms with Gasteiger partial charge in [-0.1, -0.05) is 19.4 Å². The highest BCUT2D eigenvalue weighted by Crippen LogP contribution is 2.29. The Morgan fingerprint density at radius 2 is 2.20 bits per heavy atom. The van der Waals surface area contributed by atoms with E-state index in [4.69, 9.17) is 9.47 Å². The number of piperidine rings is 1. The summed E-state index contributed by atoms with van der Waals surface area (Å²) in [5.41, 5.74) is 1.31. The third kappa shape index (κ3) is 4.41. The highest BCUT2D eigenvalue weighted by atomic mass is 16.5. The first-order chi connectivity index (χ1) is 9.83. The van der Waals surface area contributed by atoms with Gasteiger partial charge in [0, 0.05) is 0 Å². The van der Waals surface area contributed by atoms with E-state index >= 15 is 0 Å². The molecule has 1 aliphatic heterocycles. The zero-order valence-electron chi connectivity index (χ0n) is 12.8. The molecule has 0 aromatic heterocycles. The fourth-order valence-electron chi connectivity index (χ4n) is 2.78. The van der Waals surface area contributed by atoms with Gasteiger partial charge in [0.25, 0.3) is 0 Å². The van der Waals surface area contributed by atoms with Crippen molar-refractivity contribution >= 4 is 0 Å². The van der Waals surface area contributed by atoms with Crippen LogP contribution in [-0.2, 0) is 6.42 Å². The monoisotopic (exact) mass is 277 g/mol. The van der Waals surface area contributed by atoms with Crippen molar-refractivity contribution in [2.75, 3.05) is 26.8 Å². The van der Waals surface area contributed by atoms with E-state index in [-0.39, 0.29) is 0 Å². The van der Waals surface area contributed by atoms with Crippen LogP contribution >= 0.6 is 0 Å². The fraction of sp³-hybridized carbons (Fsp3) is 0.647. The van der Waals surface area contributed by atoms with Crippen LogP contribution in [0.5, 0.6) is 11.5 Å². The summed E-state index contributed by atoms with van der Waals surface area (Å²) in [7, 11) is 1.71. The number of rotatable bonds is 7. The number of hydrogen-bond acceptors (Lipinski definition) is 3. The lowest BCUT2D eigenvalue weighted by Gasteiger charge is -2.22. The molecule has 1 N–H and O–H groups in total. The Kier molecular flexibility index (Phi) is 6.19. The van der Waals surface area contributed by atoms with Crippen LogP contribution in [0.2, 0.25) is 0 Å². The maximum Gasteiger partial charge on any atom is 0.161 e. The van der Waals surface area contributed by atoms with Crippen molar-refractivity contribution in [3.63, 3.8) is 0 Å². The van der Waals surface area contributed by atoms with Crippen LogP contribution in [0.4, 0.5) is 0 Å². The van der Waals surface area contributed by atoms with Gasteiger partial charge in [0.15, 0.2) is 11.5 Å². The van der Waals surface area contributed by atoms with E-state index in [2.05, 4.69) is 24.4 Å². The Morgan fingerprint density at radius 1 is 1.30 bits per heavy atom. The molecule has 1 saturated heterocycles. The summed E-state index contributed by atoms with van der Waals surface area (Å²) in [6.45, 7) is 5.27. The number of benzene rings is 1. The molecular formula is C17H27NO2. The van der Waals surface area contributed by atoms with Gasteiger partial charge in [0.1, 0.15) is 0 Å². The van der Waals surface area contributed by atoms with Crippen LogP contribution in [0.1, 0.15) is 38.2 Å². The van der Waals surface area contributed by atoms with Gasteiger partial charge in [0.05, 0.1) is 13.7 Å². The largest absolute Gasteiger partial charge is 0.493 e. The molecule has 112 valence electrons. The molecule has 1 aromatic carbocycles. The van der Waals surface area contributed by atoms with Crippen molar-refractivity contribution in [3.05, 3.63) is 23.8 Å². The summed E-state index contributed by atoms with van der Waals surface area (Å²) >= 11 is 0. The molecular weight excluding hydrogens is 250 g/mol. The van der Waals surface area contributed by atoms with Gasteiger partial charge in [-0.3, -0.25) is 0 Å². The van der Waals surface area contributed by atoms with Gasteiger partial charge in [-0.25, -0.2) is 0 Å². The smallest absolute Gasteiger partial charge is 0.161 e. The fourth-order valence-corrected chi connectivity index (χ4v) is 2.78. The highest BCUT2D eigenvalue weighted by Gasteiger charge is 2.13. The number of methoxy groups -OCH3 is 1. The highest BCUT2D eigenvalue weighted by molar-refractivity contribution is 5.43. The standard InChI is InChI=1S/C17H27NO2/c1-3-5-14-7-8-16(17(12-14)19-2)20-11-9-15-6-4-10-18-13-15/h7-8,12,15,18H,3-6,9-11,13H2,1-2H3/t15-/m1/s1. The van der Waals surface area contributed by atoms with Gasteiger partial charge >= 0.3 is 0 Å². The summed E-state index contributed by atoms with van der Waals surface area (Å²) in [5.74, 6) is 2.49. The molecule has 0 unspecified atom stereocenters. The van der Waals surface area contributed by atoms with Gasteiger partial charge in [-0.2, -0.15) is 0 Å². The molecule has 0 spiro atoms. The summed E-state index contributed by atoms with van der Waals surface area (Å²) in [4.78, 5) is 0. The van der Waals surface area contributed by atoms with E-state index in [1.54, 1.807) is 7.11 Å². The van der Waals surface area contributed by atoms with Gasteiger partial charge in [-0.05, 0) is 62.4 Å². The molecule has 1 aliphatic rings. The third-order valence-corrected chi connectivity index (χ3v) is 3.95. The maximum absolute atomic E-state index is 5.91. The molecule has 1 atom stereocenters. The first-order valence-corrected chi connectivity index (χ1v) is 7.84. The maximum atomic E-state index is 5.91. The average molecular weight is 277 g/mol. The summed E-state index contributed by atoms with van der Waals surface area (Å²) in [6, 6.07) is 6.29. The minimum absolute atomic E-state index is 0.758. The number of nitrogens with one attached hydrogen (secondary N) is 1. The molecule has 1 fully saturated rings. The lowest BCUT2D eigenvalue weighted by atomic mass is 9.97. The van der Waals surface area contributed by atoms with Gasteiger partial charge < -0.3 is 14.8 Å². The van der Waals surface area contributed by atoms with Crippen LogP contribution in [0.25, 0.3) is 0 Å². The Bertz CT molecular complexity index is 400. The minimum Gasteiger partial charge on any atom is -0.493 e. The van der Waals surface area contributed by atoms with Crippen LogP contribution in [0, 0.1) is 5.92 Å². The Balaban J connectivity index is 1.84. The SMILES string of the molecule is CCCc1ccc(OCC[C@H]2CCCNC2)c(OC)c1. The predicted molar refractivity (Wildman–Crippen MR) is 82.7 cm³/mol. The van der Waals surface area contributed by atoms with Gasteiger partial charge in [-0.15, -0.1) is 0 Å². The van der Waals surface area contributed by atoms with E-state index in [9.17, 15) is 0 Å². The second-order valence-corrected chi connectivity index (χ2v) is 5.58. The van der Waals surface area contributed by atoms with E-state index < -0.39 is 0 Å². The van der Waals surface area contributed by atoms with Crippen molar-refractivity contribution in [1.82, 2.24) is 5.32 Å². The lowest BCUT2D eigenvalue weighted by Crippen LogP contribution is -2.30. The molecule has 1 aromatic rings. The van der Waals surface area contributed by atoms with E-state index in [0.717, 1.165) is 49.8 Å². The van der Waals surface area contributed by atoms with Crippen molar-refractivity contribution in [1.29, 1.82) is 0 Å². The van der Waals surface area contributed by atoms with Crippen molar-refractivity contribution in [2.24, 2.45) is 5.92 Å². The molecule has 0 saturated carbocycles. The van der Waals surface area contributed by atoms with Gasteiger partial charge in [0.2, 0.25) is 0 Å². The molecule has 3 nitrogen and oxygen atoms in total. The molecule has 1 heterocycles. The van der Waals surface area contributed by atoms with Crippen LogP contribution in [0.15, 0.2) is 18.2 Å². The number of aryl methyl sites for hydroxylation is 1. The topological polar surface area (TPSA) is 30.5 Å². The second-order valence-electron chi connectivity index (χ2n) is 5.58. The molecule has 3 heteroatoms. The van der Waals surface area contributed by atoms with E-state index in [1.165, 1.54) is 24.9 Å². The van der Waals surface area contributed by atoms with E-state index in [0.29, 0.717) is 0 Å². The quantitative estimate of drug-likeness (QED) is 0.828. The molecule has 2 rings (SSSR count). The Labute approximate surface area is 122 Å². The van der Waals surface area contributed by atoms with Crippen molar-refractivity contribution < 1.29 is 9.47 Å². The number of hydrogen-bond donors (Lipinski definition) is 1. The summed E-state index contributed by atoms with van der Waals surface area (Å²) < 4.78 is 11.3. The van der Waals surface area contributed by atoms with Crippen molar-refractivity contribution in [3.8, 4) is 11.5 Å². The Hall–Kier alpha value is -1.22.